The highest BCUT2D eigenvalue weighted by Gasteiger charge is 2.32. The van der Waals surface area contributed by atoms with Gasteiger partial charge in [-0.2, -0.15) is 0 Å². The van der Waals surface area contributed by atoms with Crippen molar-refractivity contribution in [1.82, 2.24) is 15.1 Å². The topological polar surface area (TPSA) is 44.8 Å². The first kappa shape index (κ1) is 22.0. The first-order valence-corrected chi connectivity index (χ1v) is 11.8. The molecule has 0 spiro atoms. The van der Waals surface area contributed by atoms with Gasteiger partial charge in [-0.05, 0) is 39.9 Å². The molecular weight excluding hydrogens is 434 g/mol. The van der Waals surface area contributed by atoms with Crippen LogP contribution in [0, 0.1) is 0 Å². The molecule has 6 heteroatoms. The number of piperazine rings is 1. The molecule has 1 atom stereocenters. The predicted octanol–water partition coefficient (Wildman–Crippen LogP) is 5.11. The van der Waals surface area contributed by atoms with Crippen molar-refractivity contribution in [3.05, 3.63) is 94.5 Å². The van der Waals surface area contributed by atoms with Gasteiger partial charge in [-0.25, -0.2) is 4.79 Å². The van der Waals surface area contributed by atoms with Crippen LogP contribution in [0.5, 0.6) is 0 Å². The molecule has 170 valence electrons. The second kappa shape index (κ2) is 9.96. The molecule has 3 aromatic carbocycles. The van der Waals surface area contributed by atoms with Crippen LogP contribution >= 0.6 is 11.6 Å². The third-order valence-electron chi connectivity index (χ3n) is 6.39. The van der Waals surface area contributed by atoms with Crippen molar-refractivity contribution in [2.24, 2.45) is 0 Å². The van der Waals surface area contributed by atoms with Crippen LogP contribution < -0.4 is 5.32 Å². The lowest BCUT2D eigenvalue weighted by Crippen LogP contribution is -2.42. The quantitative estimate of drug-likeness (QED) is 0.554. The summed E-state index contributed by atoms with van der Waals surface area (Å²) in [5.41, 5.74) is 5.87. The number of halogens is 1. The van der Waals surface area contributed by atoms with Gasteiger partial charge in [-0.3, -0.25) is 9.80 Å². The Kier molecular flexibility index (Phi) is 6.63. The Labute approximate surface area is 199 Å². The summed E-state index contributed by atoms with van der Waals surface area (Å²) in [7, 11) is 0. The maximum Gasteiger partial charge on any atom is 0.410 e. The van der Waals surface area contributed by atoms with Crippen LogP contribution in [0.15, 0.2) is 72.8 Å². The number of ether oxygens (including phenoxy) is 1. The molecule has 5 nitrogen and oxygen atoms in total. The van der Waals surface area contributed by atoms with Gasteiger partial charge in [0.05, 0.1) is 6.54 Å². The van der Waals surface area contributed by atoms with E-state index in [4.69, 9.17) is 16.3 Å². The average molecular weight is 462 g/mol. The van der Waals surface area contributed by atoms with E-state index in [1.54, 1.807) is 4.90 Å². The summed E-state index contributed by atoms with van der Waals surface area (Å²) in [4.78, 5) is 16.7. The number of nitrogens with zero attached hydrogens (tertiary/aromatic N) is 2. The van der Waals surface area contributed by atoms with Gasteiger partial charge in [0.25, 0.3) is 0 Å². The van der Waals surface area contributed by atoms with Crippen molar-refractivity contribution in [3.63, 3.8) is 0 Å². The minimum absolute atomic E-state index is 0.258. The van der Waals surface area contributed by atoms with Gasteiger partial charge in [-0.1, -0.05) is 72.3 Å². The minimum Gasteiger partial charge on any atom is -0.439 e. The number of hydrogen-bond acceptors (Lipinski definition) is 4. The molecule has 33 heavy (non-hydrogen) atoms. The van der Waals surface area contributed by atoms with Crippen LogP contribution in [0.1, 0.15) is 22.8 Å². The average Bonchev–Trinajstić information content (AvgIpc) is 3.21. The fourth-order valence-corrected chi connectivity index (χ4v) is 4.67. The molecule has 0 aliphatic carbocycles. The molecule has 2 aliphatic heterocycles. The molecule has 0 saturated carbocycles. The molecule has 1 amide bonds. The number of rotatable bonds is 6. The van der Waals surface area contributed by atoms with E-state index in [9.17, 15) is 4.79 Å². The molecule has 0 aromatic heterocycles. The van der Waals surface area contributed by atoms with Gasteiger partial charge in [-0.15, -0.1) is 0 Å². The highest BCUT2D eigenvalue weighted by molar-refractivity contribution is 6.30. The SMILES string of the molecule is O=C1O[C@H](c2ccc(Cl)cc2)CN1Cc1ccc(-c2ccccc2CN2CCNCC2)cc1. The monoisotopic (exact) mass is 461 g/mol. The Balaban J connectivity index is 1.26. The van der Waals surface area contributed by atoms with E-state index in [2.05, 4.69) is 58.7 Å². The number of nitrogens with one attached hydrogen (secondary N) is 1. The molecule has 2 aliphatic rings. The summed E-state index contributed by atoms with van der Waals surface area (Å²) in [6.07, 6.45) is -0.536. The van der Waals surface area contributed by atoms with Crippen LogP contribution in [-0.4, -0.2) is 48.6 Å². The van der Waals surface area contributed by atoms with Crippen LogP contribution in [0.2, 0.25) is 5.02 Å². The third-order valence-corrected chi connectivity index (χ3v) is 6.64. The number of amides is 1. The Morgan fingerprint density at radius 2 is 1.64 bits per heavy atom. The van der Waals surface area contributed by atoms with Gasteiger partial charge in [0, 0.05) is 44.3 Å². The molecule has 5 rings (SSSR count). The highest BCUT2D eigenvalue weighted by Crippen LogP contribution is 2.29. The Morgan fingerprint density at radius 1 is 0.909 bits per heavy atom. The molecule has 2 heterocycles. The standard InChI is InChI=1S/C27H28ClN3O2/c28-24-11-9-22(10-12-24)26-19-31(27(32)33-26)17-20-5-7-21(8-6-20)25-4-2-1-3-23(25)18-30-15-13-29-14-16-30/h1-12,26,29H,13-19H2/t26-/m0/s1. The Bertz CT molecular complexity index is 1100. The number of cyclic esters (lactones) is 1. The first-order valence-electron chi connectivity index (χ1n) is 11.5. The molecule has 2 fully saturated rings. The van der Waals surface area contributed by atoms with Crippen molar-refractivity contribution in [3.8, 4) is 11.1 Å². The second-order valence-corrected chi connectivity index (χ2v) is 9.12. The van der Waals surface area contributed by atoms with Gasteiger partial charge < -0.3 is 10.1 Å². The Morgan fingerprint density at radius 3 is 2.39 bits per heavy atom. The molecule has 0 bridgehead atoms. The minimum atomic E-state index is -0.277. The zero-order valence-corrected chi connectivity index (χ0v) is 19.3. The molecule has 1 N–H and O–H groups in total. The first-order chi connectivity index (χ1) is 16.2. The van der Waals surface area contributed by atoms with E-state index in [1.165, 1.54) is 16.7 Å². The molecule has 0 unspecified atom stereocenters. The Hall–Kier alpha value is -2.86. The van der Waals surface area contributed by atoms with Crippen molar-refractivity contribution in [2.45, 2.75) is 19.2 Å². The third kappa shape index (κ3) is 5.22. The molecular formula is C27H28ClN3O2. The zero-order valence-electron chi connectivity index (χ0n) is 18.5. The van der Waals surface area contributed by atoms with Crippen LogP contribution in [0.3, 0.4) is 0 Å². The van der Waals surface area contributed by atoms with Crippen molar-refractivity contribution in [1.29, 1.82) is 0 Å². The van der Waals surface area contributed by atoms with Crippen LogP contribution in [0.25, 0.3) is 11.1 Å². The summed E-state index contributed by atoms with van der Waals surface area (Å²) in [5.74, 6) is 0. The van der Waals surface area contributed by atoms with E-state index >= 15 is 0 Å². The van der Waals surface area contributed by atoms with Crippen molar-refractivity contribution in [2.75, 3.05) is 32.7 Å². The molecule has 3 aromatic rings. The predicted molar refractivity (Wildman–Crippen MR) is 131 cm³/mol. The normalized spacial score (nSPS) is 19.0. The lowest BCUT2D eigenvalue weighted by atomic mass is 9.98. The molecule has 2 saturated heterocycles. The lowest BCUT2D eigenvalue weighted by molar-refractivity contribution is 0.132. The van der Waals surface area contributed by atoms with E-state index in [0.717, 1.165) is 43.9 Å². The zero-order chi connectivity index (χ0) is 22.6. The van der Waals surface area contributed by atoms with Crippen LogP contribution in [0.4, 0.5) is 4.79 Å². The maximum atomic E-state index is 12.4. The van der Waals surface area contributed by atoms with E-state index in [1.807, 2.05) is 24.3 Å². The van der Waals surface area contributed by atoms with E-state index in [-0.39, 0.29) is 12.2 Å². The number of carbonyl (C=O) groups excluding carboxylic acids is 1. The number of carbonyl (C=O) groups is 1. The van der Waals surface area contributed by atoms with Gasteiger partial charge >= 0.3 is 6.09 Å². The highest BCUT2D eigenvalue weighted by atomic mass is 35.5. The summed E-state index contributed by atoms with van der Waals surface area (Å²) in [6.45, 7) is 6.29. The summed E-state index contributed by atoms with van der Waals surface area (Å²) < 4.78 is 5.59. The van der Waals surface area contributed by atoms with E-state index in [0.29, 0.717) is 18.1 Å². The second-order valence-electron chi connectivity index (χ2n) is 8.68. The van der Waals surface area contributed by atoms with Crippen LogP contribution in [-0.2, 0) is 17.8 Å². The maximum absolute atomic E-state index is 12.4. The fraction of sp³-hybridized carbons (Fsp3) is 0.296. The number of benzene rings is 3. The number of hydrogen-bond donors (Lipinski definition) is 1. The van der Waals surface area contributed by atoms with Gasteiger partial charge in [0.2, 0.25) is 0 Å². The lowest BCUT2D eigenvalue weighted by Gasteiger charge is -2.28. The largest absolute Gasteiger partial charge is 0.439 e. The summed E-state index contributed by atoms with van der Waals surface area (Å²) >= 11 is 5.98. The summed E-state index contributed by atoms with van der Waals surface area (Å²) in [6, 6.07) is 24.6. The van der Waals surface area contributed by atoms with E-state index < -0.39 is 0 Å². The smallest absolute Gasteiger partial charge is 0.410 e. The fourth-order valence-electron chi connectivity index (χ4n) is 4.55. The van der Waals surface area contributed by atoms with Crippen molar-refractivity contribution < 1.29 is 9.53 Å². The van der Waals surface area contributed by atoms with Gasteiger partial charge in [0.1, 0.15) is 6.10 Å². The van der Waals surface area contributed by atoms with Gasteiger partial charge in [0.15, 0.2) is 0 Å². The molecule has 0 radical (unpaired) electrons. The summed E-state index contributed by atoms with van der Waals surface area (Å²) in [5, 5.41) is 4.09. The van der Waals surface area contributed by atoms with Crippen molar-refractivity contribution >= 4 is 17.7 Å².